The quantitative estimate of drug-likeness (QED) is 0.656. The topological polar surface area (TPSA) is 73.5 Å². The van der Waals surface area contributed by atoms with E-state index in [9.17, 15) is 0 Å². The number of aryl methyl sites for hydroxylation is 1. The van der Waals surface area contributed by atoms with E-state index in [1.165, 1.54) is 18.4 Å². The predicted octanol–water partition coefficient (Wildman–Crippen LogP) is 3.84. The Morgan fingerprint density at radius 3 is 2.67 bits per heavy atom. The van der Waals surface area contributed by atoms with Gasteiger partial charge in [-0.2, -0.15) is 4.98 Å². The Kier molecular flexibility index (Phi) is 5.02. The van der Waals surface area contributed by atoms with E-state index in [4.69, 9.17) is 14.0 Å². The number of hydrogen-bond donors (Lipinski definition) is 0. The normalized spacial score (nSPS) is 14.4. The van der Waals surface area contributed by atoms with Gasteiger partial charge in [0.05, 0.1) is 12.7 Å². The van der Waals surface area contributed by atoms with Crippen molar-refractivity contribution in [3.05, 3.63) is 47.9 Å². The van der Waals surface area contributed by atoms with Crippen molar-refractivity contribution >= 4 is 0 Å². The smallest absolute Gasteiger partial charge is 0.259 e. The molecule has 2 aromatic heterocycles. The average Bonchev–Trinajstić information content (AvgIpc) is 3.35. The number of rotatable bonds is 6. The average molecular weight is 366 g/mol. The molecule has 0 amide bonds. The summed E-state index contributed by atoms with van der Waals surface area (Å²) in [6, 6.07) is 9.53. The van der Waals surface area contributed by atoms with Crippen LogP contribution in [-0.4, -0.2) is 40.2 Å². The highest BCUT2D eigenvalue weighted by Crippen LogP contribution is 2.30. The van der Waals surface area contributed by atoms with Gasteiger partial charge in [-0.25, -0.2) is 4.98 Å². The molecule has 0 saturated carbocycles. The first kappa shape index (κ1) is 17.5. The van der Waals surface area contributed by atoms with Crippen LogP contribution in [0.1, 0.15) is 24.2 Å². The summed E-state index contributed by atoms with van der Waals surface area (Å²) in [7, 11) is 1.69. The van der Waals surface area contributed by atoms with Gasteiger partial charge in [0.15, 0.2) is 5.82 Å². The van der Waals surface area contributed by atoms with Gasteiger partial charge in [-0.15, -0.1) is 0 Å². The Labute approximate surface area is 157 Å². The number of methoxy groups -OCH3 is 1. The Morgan fingerprint density at radius 1 is 1.15 bits per heavy atom. The Balaban J connectivity index is 1.47. The Morgan fingerprint density at radius 2 is 2.00 bits per heavy atom. The number of aromatic nitrogens is 3. The summed E-state index contributed by atoms with van der Waals surface area (Å²) in [5.41, 5.74) is 1.92. The third kappa shape index (κ3) is 4.09. The van der Waals surface area contributed by atoms with E-state index in [1.807, 2.05) is 18.2 Å². The molecule has 3 heterocycles. The molecule has 1 saturated heterocycles. The minimum atomic E-state index is 0.444. The van der Waals surface area contributed by atoms with E-state index in [0.29, 0.717) is 23.3 Å². The van der Waals surface area contributed by atoms with Crippen LogP contribution in [0.3, 0.4) is 0 Å². The van der Waals surface area contributed by atoms with Crippen LogP contribution in [0.4, 0.5) is 0 Å². The molecule has 0 aliphatic carbocycles. The van der Waals surface area contributed by atoms with Crippen LogP contribution in [-0.2, 0) is 6.54 Å². The fourth-order valence-corrected chi connectivity index (χ4v) is 3.20. The highest BCUT2D eigenvalue weighted by molar-refractivity contribution is 5.52. The van der Waals surface area contributed by atoms with Gasteiger partial charge in [-0.05, 0) is 45.0 Å². The molecule has 1 aliphatic rings. The van der Waals surface area contributed by atoms with Gasteiger partial charge in [0.2, 0.25) is 5.88 Å². The van der Waals surface area contributed by atoms with Crippen molar-refractivity contribution in [3.63, 3.8) is 0 Å². The molecular formula is C20H22N4O3. The van der Waals surface area contributed by atoms with Crippen molar-refractivity contribution < 1.29 is 14.0 Å². The molecule has 0 radical (unpaired) electrons. The number of ether oxygens (including phenoxy) is 2. The molecule has 0 spiro atoms. The SMILES string of the molecule is COc1cc(Oc2ccc(-c3nc(C)no3)cn2)ccc1CN1CCCC1. The van der Waals surface area contributed by atoms with Crippen molar-refractivity contribution in [3.8, 4) is 28.8 Å². The van der Waals surface area contributed by atoms with Crippen LogP contribution in [0.2, 0.25) is 0 Å². The minimum Gasteiger partial charge on any atom is -0.496 e. The van der Waals surface area contributed by atoms with Gasteiger partial charge in [-0.1, -0.05) is 11.2 Å². The van der Waals surface area contributed by atoms with Crippen LogP contribution in [0.5, 0.6) is 17.4 Å². The Hall–Kier alpha value is -2.93. The Bertz CT molecular complexity index is 902. The first-order valence-electron chi connectivity index (χ1n) is 9.05. The van der Waals surface area contributed by atoms with Crippen molar-refractivity contribution in [2.75, 3.05) is 20.2 Å². The van der Waals surface area contributed by atoms with Gasteiger partial charge in [0.25, 0.3) is 5.89 Å². The van der Waals surface area contributed by atoms with E-state index < -0.39 is 0 Å². The number of pyridine rings is 1. The maximum absolute atomic E-state index is 5.87. The predicted molar refractivity (Wildman–Crippen MR) is 99.8 cm³/mol. The van der Waals surface area contributed by atoms with Crippen LogP contribution >= 0.6 is 0 Å². The maximum Gasteiger partial charge on any atom is 0.259 e. The minimum absolute atomic E-state index is 0.444. The van der Waals surface area contributed by atoms with E-state index in [2.05, 4.69) is 26.1 Å². The van der Waals surface area contributed by atoms with E-state index in [0.717, 1.165) is 30.9 Å². The van der Waals surface area contributed by atoms with Gasteiger partial charge in [0.1, 0.15) is 11.5 Å². The molecular weight excluding hydrogens is 344 g/mol. The summed E-state index contributed by atoms with van der Waals surface area (Å²) >= 11 is 0. The molecule has 4 rings (SSSR count). The second-order valence-corrected chi connectivity index (χ2v) is 6.59. The molecule has 0 bridgehead atoms. The zero-order valence-electron chi connectivity index (χ0n) is 15.5. The zero-order chi connectivity index (χ0) is 18.6. The molecule has 1 aromatic carbocycles. The number of nitrogens with zero attached hydrogens (tertiary/aromatic N) is 4. The summed E-state index contributed by atoms with van der Waals surface area (Å²) in [6.45, 7) is 4.98. The lowest BCUT2D eigenvalue weighted by atomic mass is 10.2. The first-order chi connectivity index (χ1) is 13.2. The lowest BCUT2D eigenvalue weighted by Gasteiger charge is -2.17. The van der Waals surface area contributed by atoms with Crippen molar-refractivity contribution in [2.45, 2.75) is 26.3 Å². The third-order valence-corrected chi connectivity index (χ3v) is 4.58. The summed E-state index contributed by atoms with van der Waals surface area (Å²) < 4.78 is 16.6. The van der Waals surface area contributed by atoms with Crippen molar-refractivity contribution in [2.24, 2.45) is 0 Å². The number of hydrogen-bond acceptors (Lipinski definition) is 7. The summed E-state index contributed by atoms with van der Waals surface area (Å²) in [6.07, 6.45) is 4.20. The highest BCUT2D eigenvalue weighted by atomic mass is 16.5. The first-order valence-corrected chi connectivity index (χ1v) is 9.05. The van der Waals surface area contributed by atoms with E-state index in [-0.39, 0.29) is 0 Å². The fraction of sp³-hybridized carbons (Fsp3) is 0.350. The summed E-state index contributed by atoms with van der Waals surface area (Å²) in [5, 5.41) is 3.78. The van der Waals surface area contributed by atoms with Crippen molar-refractivity contribution in [1.29, 1.82) is 0 Å². The van der Waals surface area contributed by atoms with Gasteiger partial charge in [-0.3, -0.25) is 4.90 Å². The molecule has 1 fully saturated rings. The molecule has 27 heavy (non-hydrogen) atoms. The second-order valence-electron chi connectivity index (χ2n) is 6.59. The molecule has 1 aliphatic heterocycles. The monoisotopic (exact) mass is 366 g/mol. The number of benzene rings is 1. The largest absolute Gasteiger partial charge is 0.496 e. The highest BCUT2D eigenvalue weighted by Gasteiger charge is 2.15. The summed E-state index contributed by atoms with van der Waals surface area (Å²) in [5.74, 6) is 3.04. The fourth-order valence-electron chi connectivity index (χ4n) is 3.20. The van der Waals surface area contributed by atoms with Gasteiger partial charge in [0, 0.05) is 30.4 Å². The van der Waals surface area contributed by atoms with Crippen LogP contribution in [0.25, 0.3) is 11.5 Å². The molecule has 0 N–H and O–H groups in total. The second kappa shape index (κ2) is 7.75. The zero-order valence-corrected chi connectivity index (χ0v) is 15.5. The van der Waals surface area contributed by atoms with E-state index in [1.54, 1.807) is 26.3 Å². The molecule has 140 valence electrons. The third-order valence-electron chi connectivity index (χ3n) is 4.58. The molecule has 7 nitrogen and oxygen atoms in total. The van der Waals surface area contributed by atoms with Crippen LogP contribution in [0.15, 0.2) is 41.1 Å². The molecule has 0 unspecified atom stereocenters. The molecule has 3 aromatic rings. The van der Waals surface area contributed by atoms with Crippen molar-refractivity contribution in [1.82, 2.24) is 20.0 Å². The van der Waals surface area contributed by atoms with Gasteiger partial charge < -0.3 is 14.0 Å². The van der Waals surface area contributed by atoms with Gasteiger partial charge >= 0.3 is 0 Å². The number of likely N-dealkylation sites (tertiary alicyclic amines) is 1. The summed E-state index contributed by atoms with van der Waals surface area (Å²) in [4.78, 5) is 11.0. The van der Waals surface area contributed by atoms with Crippen LogP contribution in [0, 0.1) is 6.92 Å². The molecule has 0 atom stereocenters. The van der Waals surface area contributed by atoms with Crippen LogP contribution < -0.4 is 9.47 Å². The molecule has 7 heteroatoms. The lowest BCUT2D eigenvalue weighted by Crippen LogP contribution is -2.18. The maximum atomic E-state index is 5.87. The lowest BCUT2D eigenvalue weighted by molar-refractivity contribution is 0.320. The van der Waals surface area contributed by atoms with E-state index >= 15 is 0 Å². The standard InChI is InChI=1S/C20H22N4O3/c1-14-22-20(27-23-14)15-6-8-19(21-12-15)26-17-7-5-16(18(11-17)25-2)13-24-9-3-4-10-24/h5-8,11-12H,3-4,9-10,13H2,1-2H3.